The summed E-state index contributed by atoms with van der Waals surface area (Å²) in [5.74, 6) is 0.591. The lowest BCUT2D eigenvalue weighted by Gasteiger charge is -2.08. The van der Waals surface area contributed by atoms with Gasteiger partial charge in [-0.05, 0) is 30.7 Å². The van der Waals surface area contributed by atoms with Crippen LogP contribution in [0.4, 0.5) is 0 Å². The number of methoxy groups -OCH3 is 1. The number of hydrogen-bond donors (Lipinski definition) is 1. The minimum Gasteiger partial charge on any atom is -0.491 e. The first-order chi connectivity index (χ1) is 12.3. The maximum atomic E-state index is 11.4. The van der Waals surface area contributed by atoms with Gasteiger partial charge in [0.25, 0.3) is 5.91 Å². The number of nitrogens with one attached hydrogen (secondary N) is 1. The zero-order chi connectivity index (χ0) is 18.2. The fraction of sp³-hybridized carbons (Fsp3) is 0.611. The van der Waals surface area contributed by atoms with Crippen LogP contribution < -0.4 is 10.1 Å². The van der Waals surface area contributed by atoms with Crippen LogP contribution in [-0.2, 0) is 18.9 Å². The molecule has 0 aliphatic heterocycles. The van der Waals surface area contributed by atoms with Crippen molar-refractivity contribution in [2.45, 2.75) is 6.42 Å². The summed E-state index contributed by atoms with van der Waals surface area (Å²) in [7, 11) is 3.28. The number of benzene rings is 1. The number of carbonyl (C=O) groups excluding carboxylic acids is 1. The average molecular weight is 355 g/mol. The van der Waals surface area contributed by atoms with Gasteiger partial charge in [0.15, 0.2) is 0 Å². The predicted octanol–water partition coefficient (Wildman–Crippen LogP) is 1.51. The molecule has 0 bridgehead atoms. The standard InChI is InChI=1S/C18H29NO6/c1-19-18(20)16-4-6-17(7-5-16)25-15-14-24-13-12-23-11-10-22-9-3-8-21-2/h4-7H,3,8-15H2,1-2H3,(H,19,20). The van der Waals surface area contributed by atoms with Gasteiger partial charge in [-0.2, -0.15) is 0 Å². The zero-order valence-corrected chi connectivity index (χ0v) is 15.1. The third-order valence-corrected chi connectivity index (χ3v) is 3.22. The summed E-state index contributed by atoms with van der Waals surface area (Å²) in [6.45, 7) is 4.52. The molecule has 0 aliphatic carbocycles. The zero-order valence-electron chi connectivity index (χ0n) is 15.1. The summed E-state index contributed by atoms with van der Waals surface area (Å²) in [4.78, 5) is 11.4. The molecule has 0 saturated carbocycles. The van der Waals surface area contributed by atoms with Crippen LogP contribution >= 0.6 is 0 Å². The van der Waals surface area contributed by atoms with Gasteiger partial charge in [0.05, 0.1) is 33.0 Å². The lowest BCUT2D eigenvalue weighted by atomic mass is 10.2. The third kappa shape index (κ3) is 10.7. The van der Waals surface area contributed by atoms with Crippen LogP contribution in [0.25, 0.3) is 0 Å². The van der Waals surface area contributed by atoms with Crippen molar-refractivity contribution in [3.63, 3.8) is 0 Å². The van der Waals surface area contributed by atoms with Crippen molar-refractivity contribution in [1.29, 1.82) is 0 Å². The molecule has 0 spiro atoms. The van der Waals surface area contributed by atoms with Crippen LogP contribution in [0.2, 0.25) is 0 Å². The van der Waals surface area contributed by atoms with E-state index in [1.807, 2.05) is 0 Å². The monoisotopic (exact) mass is 355 g/mol. The van der Waals surface area contributed by atoms with E-state index in [-0.39, 0.29) is 5.91 Å². The lowest BCUT2D eigenvalue weighted by Crippen LogP contribution is -2.17. The van der Waals surface area contributed by atoms with Gasteiger partial charge >= 0.3 is 0 Å². The van der Waals surface area contributed by atoms with Crippen LogP contribution in [-0.4, -0.2) is 72.9 Å². The molecule has 1 N–H and O–H groups in total. The Bertz CT molecular complexity index is 451. The number of ether oxygens (including phenoxy) is 5. The van der Waals surface area contributed by atoms with E-state index in [1.54, 1.807) is 38.4 Å². The van der Waals surface area contributed by atoms with Crippen molar-refractivity contribution in [3.8, 4) is 5.75 Å². The minimum absolute atomic E-state index is 0.116. The highest BCUT2D eigenvalue weighted by Gasteiger charge is 2.02. The number of hydrogen-bond acceptors (Lipinski definition) is 6. The van der Waals surface area contributed by atoms with Gasteiger partial charge in [-0.3, -0.25) is 4.79 Å². The van der Waals surface area contributed by atoms with Gasteiger partial charge in [0.2, 0.25) is 0 Å². The van der Waals surface area contributed by atoms with Crippen molar-refractivity contribution in [2.24, 2.45) is 0 Å². The van der Waals surface area contributed by atoms with E-state index >= 15 is 0 Å². The Morgan fingerprint density at radius 3 is 1.96 bits per heavy atom. The Kier molecular flexibility index (Phi) is 12.5. The summed E-state index contributed by atoms with van der Waals surface area (Å²) in [5.41, 5.74) is 0.603. The topological polar surface area (TPSA) is 75.3 Å². The summed E-state index contributed by atoms with van der Waals surface area (Å²) < 4.78 is 26.6. The molecule has 142 valence electrons. The number of amides is 1. The van der Waals surface area contributed by atoms with Crippen LogP contribution in [0.5, 0.6) is 5.75 Å². The van der Waals surface area contributed by atoms with E-state index in [0.717, 1.165) is 13.0 Å². The molecule has 0 aliphatic rings. The molecule has 0 unspecified atom stereocenters. The van der Waals surface area contributed by atoms with Crippen LogP contribution in [0.1, 0.15) is 16.8 Å². The molecule has 0 atom stereocenters. The molecule has 0 saturated heterocycles. The molecular weight excluding hydrogens is 326 g/mol. The van der Waals surface area contributed by atoms with Crippen molar-refractivity contribution in [1.82, 2.24) is 5.32 Å². The van der Waals surface area contributed by atoms with Gasteiger partial charge < -0.3 is 29.0 Å². The quantitative estimate of drug-likeness (QED) is 0.481. The normalized spacial score (nSPS) is 10.6. The van der Waals surface area contributed by atoms with E-state index in [1.165, 1.54) is 0 Å². The molecular formula is C18H29NO6. The van der Waals surface area contributed by atoms with Crippen LogP contribution in [0.15, 0.2) is 24.3 Å². The highest BCUT2D eigenvalue weighted by Crippen LogP contribution is 2.11. The highest BCUT2D eigenvalue weighted by atomic mass is 16.6. The Balaban J connectivity index is 1.91. The molecule has 1 aromatic carbocycles. The van der Waals surface area contributed by atoms with Gasteiger partial charge in [0, 0.05) is 32.9 Å². The molecule has 1 amide bonds. The largest absolute Gasteiger partial charge is 0.491 e. The van der Waals surface area contributed by atoms with Crippen molar-refractivity contribution < 1.29 is 28.5 Å². The first kappa shape index (κ1) is 21.4. The molecule has 0 aromatic heterocycles. The molecule has 7 nitrogen and oxygen atoms in total. The van der Waals surface area contributed by atoms with Gasteiger partial charge in [-0.1, -0.05) is 0 Å². The van der Waals surface area contributed by atoms with Gasteiger partial charge in [0.1, 0.15) is 12.4 Å². The fourth-order valence-corrected chi connectivity index (χ4v) is 1.91. The number of rotatable bonds is 15. The molecule has 1 rings (SSSR count). The van der Waals surface area contributed by atoms with Gasteiger partial charge in [-0.25, -0.2) is 0 Å². The fourth-order valence-electron chi connectivity index (χ4n) is 1.91. The van der Waals surface area contributed by atoms with Gasteiger partial charge in [-0.15, -0.1) is 0 Å². The molecule has 0 fully saturated rings. The molecule has 0 heterocycles. The number of carbonyl (C=O) groups is 1. The Morgan fingerprint density at radius 1 is 0.840 bits per heavy atom. The molecule has 1 aromatic rings. The molecule has 7 heteroatoms. The molecule has 0 radical (unpaired) electrons. The van der Waals surface area contributed by atoms with Crippen LogP contribution in [0, 0.1) is 0 Å². The van der Waals surface area contributed by atoms with E-state index in [2.05, 4.69) is 5.32 Å². The predicted molar refractivity (Wildman–Crippen MR) is 94.3 cm³/mol. The summed E-state index contributed by atoms with van der Waals surface area (Å²) in [5, 5.41) is 2.57. The van der Waals surface area contributed by atoms with Crippen molar-refractivity contribution in [2.75, 3.05) is 67.0 Å². The summed E-state index contributed by atoms with van der Waals surface area (Å²) in [6, 6.07) is 6.97. The molecule has 25 heavy (non-hydrogen) atoms. The second-order valence-electron chi connectivity index (χ2n) is 5.14. The SMILES string of the molecule is CNC(=O)c1ccc(OCCOCCOCCOCCCOC)cc1. The van der Waals surface area contributed by atoms with E-state index in [9.17, 15) is 4.79 Å². The third-order valence-electron chi connectivity index (χ3n) is 3.22. The Labute approximate surface area is 149 Å². The maximum absolute atomic E-state index is 11.4. The highest BCUT2D eigenvalue weighted by molar-refractivity contribution is 5.94. The van der Waals surface area contributed by atoms with Crippen molar-refractivity contribution >= 4 is 5.91 Å². The first-order valence-corrected chi connectivity index (χ1v) is 8.45. The van der Waals surface area contributed by atoms with E-state index in [0.29, 0.717) is 57.6 Å². The Morgan fingerprint density at radius 2 is 1.40 bits per heavy atom. The van der Waals surface area contributed by atoms with E-state index in [4.69, 9.17) is 23.7 Å². The summed E-state index contributed by atoms with van der Waals surface area (Å²) >= 11 is 0. The lowest BCUT2D eigenvalue weighted by molar-refractivity contribution is 0.00668. The second kappa shape index (κ2) is 14.7. The van der Waals surface area contributed by atoms with Crippen LogP contribution in [0.3, 0.4) is 0 Å². The Hall–Kier alpha value is -1.67. The maximum Gasteiger partial charge on any atom is 0.251 e. The smallest absolute Gasteiger partial charge is 0.251 e. The average Bonchev–Trinajstić information content (AvgIpc) is 2.65. The second-order valence-corrected chi connectivity index (χ2v) is 5.14. The summed E-state index contributed by atoms with van der Waals surface area (Å²) in [6.07, 6.45) is 0.897. The minimum atomic E-state index is -0.116. The van der Waals surface area contributed by atoms with Crippen molar-refractivity contribution in [3.05, 3.63) is 29.8 Å². The van der Waals surface area contributed by atoms with E-state index < -0.39 is 0 Å². The first-order valence-electron chi connectivity index (χ1n) is 8.45.